The summed E-state index contributed by atoms with van der Waals surface area (Å²) in [6, 6.07) is 0. The number of likely N-dealkylation sites (N-methyl/N-ethyl adjacent to an activating group) is 1. The van der Waals surface area contributed by atoms with E-state index in [2.05, 4.69) is 5.32 Å². The zero-order valence-electron chi connectivity index (χ0n) is 10.4. The number of aliphatic hydroxyl groups excluding tert-OH is 1. The molecule has 2 N–H and O–H groups in total. The van der Waals surface area contributed by atoms with Gasteiger partial charge < -0.3 is 20.1 Å². The van der Waals surface area contributed by atoms with E-state index in [4.69, 9.17) is 4.74 Å². The zero-order valence-corrected chi connectivity index (χ0v) is 10.4. The Morgan fingerprint density at radius 3 is 3.18 bits per heavy atom. The van der Waals surface area contributed by atoms with Crippen LogP contribution in [-0.4, -0.2) is 60.9 Å². The van der Waals surface area contributed by atoms with Gasteiger partial charge in [0.25, 0.3) is 0 Å². The van der Waals surface area contributed by atoms with Crippen LogP contribution in [0.5, 0.6) is 0 Å². The van der Waals surface area contributed by atoms with Crippen LogP contribution in [0.1, 0.15) is 25.7 Å². The third-order valence-corrected chi connectivity index (χ3v) is 3.69. The fourth-order valence-electron chi connectivity index (χ4n) is 2.86. The molecule has 17 heavy (non-hydrogen) atoms. The highest BCUT2D eigenvalue weighted by molar-refractivity contribution is 5.78. The van der Waals surface area contributed by atoms with Crippen molar-refractivity contribution in [2.45, 2.75) is 37.4 Å². The molecule has 0 aromatic heterocycles. The molecule has 1 amide bonds. The number of hydrogen-bond acceptors (Lipinski definition) is 4. The maximum absolute atomic E-state index is 11.9. The van der Waals surface area contributed by atoms with Gasteiger partial charge >= 0.3 is 0 Å². The highest BCUT2D eigenvalue weighted by atomic mass is 16.5. The molecule has 0 radical (unpaired) electrons. The van der Waals surface area contributed by atoms with E-state index in [9.17, 15) is 9.90 Å². The molecule has 2 atom stereocenters. The van der Waals surface area contributed by atoms with Crippen LogP contribution in [0, 0.1) is 0 Å². The molecule has 5 nitrogen and oxygen atoms in total. The van der Waals surface area contributed by atoms with Crippen LogP contribution in [0.3, 0.4) is 0 Å². The summed E-state index contributed by atoms with van der Waals surface area (Å²) in [5, 5.41) is 12.6. The van der Waals surface area contributed by atoms with Crippen LogP contribution >= 0.6 is 0 Å². The van der Waals surface area contributed by atoms with Gasteiger partial charge in [0.05, 0.1) is 18.2 Å². The van der Waals surface area contributed by atoms with Gasteiger partial charge in [-0.25, -0.2) is 0 Å². The second-order valence-corrected chi connectivity index (χ2v) is 5.13. The maximum Gasteiger partial charge on any atom is 0.236 e. The Hall–Kier alpha value is -0.650. The molecule has 0 aliphatic carbocycles. The largest absolute Gasteiger partial charge is 0.393 e. The monoisotopic (exact) mass is 242 g/mol. The van der Waals surface area contributed by atoms with E-state index in [-0.39, 0.29) is 17.6 Å². The molecule has 2 aliphatic rings. The third kappa shape index (κ3) is 2.97. The smallest absolute Gasteiger partial charge is 0.236 e. The number of piperidine rings is 1. The van der Waals surface area contributed by atoms with Crippen molar-refractivity contribution < 1.29 is 14.6 Å². The van der Waals surface area contributed by atoms with Gasteiger partial charge in [-0.15, -0.1) is 0 Å². The van der Waals surface area contributed by atoms with Crippen molar-refractivity contribution in [3.8, 4) is 0 Å². The number of aliphatic hydroxyl groups is 1. The van der Waals surface area contributed by atoms with Gasteiger partial charge in [0.15, 0.2) is 0 Å². The van der Waals surface area contributed by atoms with Crippen LogP contribution in [0.4, 0.5) is 0 Å². The molecule has 2 heterocycles. The summed E-state index contributed by atoms with van der Waals surface area (Å²) in [7, 11) is 1.78. The van der Waals surface area contributed by atoms with Crippen LogP contribution in [0.15, 0.2) is 0 Å². The van der Waals surface area contributed by atoms with Crippen LogP contribution in [0.2, 0.25) is 0 Å². The lowest BCUT2D eigenvalue weighted by atomic mass is 9.84. The normalized spacial score (nSPS) is 34.0. The van der Waals surface area contributed by atoms with Crippen molar-refractivity contribution in [3.05, 3.63) is 0 Å². The van der Waals surface area contributed by atoms with Crippen molar-refractivity contribution in [2.75, 3.05) is 33.3 Å². The summed E-state index contributed by atoms with van der Waals surface area (Å²) < 4.78 is 5.86. The lowest BCUT2D eigenvalue weighted by Crippen LogP contribution is -2.56. The Morgan fingerprint density at radius 1 is 1.65 bits per heavy atom. The first kappa shape index (κ1) is 12.8. The lowest BCUT2D eigenvalue weighted by Gasteiger charge is -2.46. The molecule has 2 fully saturated rings. The number of nitrogens with zero attached hydrogens (tertiary/aromatic N) is 1. The minimum atomic E-state index is -0.292. The second-order valence-electron chi connectivity index (χ2n) is 5.13. The standard InChI is InChI=1S/C12H22N2O3/c1-13-8-11(16)14-5-2-4-12(9-14)7-10(15)3-6-17-12/h10,13,15H,2-9H2,1H3. The Balaban J connectivity index is 1.98. The summed E-state index contributed by atoms with van der Waals surface area (Å²) in [4.78, 5) is 13.7. The number of amides is 1. The van der Waals surface area contributed by atoms with Crippen LogP contribution in [-0.2, 0) is 9.53 Å². The molecule has 98 valence electrons. The Morgan fingerprint density at radius 2 is 2.47 bits per heavy atom. The van der Waals surface area contributed by atoms with Gasteiger partial charge in [-0.2, -0.15) is 0 Å². The van der Waals surface area contributed by atoms with E-state index >= 15 is 0 Å². The van der Waals surface area contributed by atoms with Gasteiger partial charge in [0.2, 0.25) is 5.91 Å². The predicted octanol–water partition coefficient (Wildman–Crippen LogP) is -0.262. The lowest BCUT2D eigenvalue weighted by molar-refractivity contribution is -0.160. The van der Waals surface area contributed by atoms with Crippen molar-refractivity contribution in [1.29, 1.82) is 0 Å². The third-order valence-electron chi connectivity index (χ3n) is 3.69. The first-order valence-electron chi connectivity index (χ1n) is 6.40. The molecule has 0 aromatic carbocycles. The number of likely N-dealkylation sites (tertiary alicyclic amines) is 1. The summed E-state index contributed by atoms with van der Waals surface area (Å²) in [6.07, 6.45) is 3.01. The van der Waals surface area contributed by atoms with Gasteiger partial charge in [-0.3, -0.25) is 4.79 Å². The number of nitrogens with one attached hydrogen (secondary N) is 1. The van der Waals surface area contributed by atoms with Gasteiger partial charge in [0.1, 0.15) is 0 Å². The van der Waals surface area contributed by atoms with Crippen molar-refractivity contribution in [3.63, 3.8) is 0 Å². The summed E-state index contributed by atoms with van der Waals surface area (Å²) in [6.45, 7) is 2.42. The number of ether oxygens (including phenoxy) is 1. The molecule has 0 bridgehead atoms. The average molecular weight is 242 g/mol. The average Bonchev–Trinajstić information content (AvgIpc) is 2.29. The molecule has 2 rings (SSSR count). The predicted molar refractivity (Wildman–Crippen MR) is 63.7 cm³/mol. The molecular weight excluding hydrogens is 220 g/mol. The second kappa shape index (κ2) is 5.33. The highest BCUT2D eigenvalue weighted by Crippen LogP contribution is 2.33. The van der Waals surface area contributed by atoms with Gasteiger partial charge in [-0.1, -0.05) is 0 Å². The minimum Gasteiger partial charge on any atom is -0.393 e. The SMILES string of the molecule is CNCC(=O)N1CCCC2(CC(O)CCO2)C1. The molecule has 2 saturated heterocycles. The summed E-state index contributed by atoms with van der Waals surface area (Å²) in [5.41, 5.74) is -0.292. The molecular formula is C12H22N2O3. The Labute approximate surface area is 102 Å². The number of rotatable bonds is 2. The van der Waals surface area contributed by atoms with E-state index in [1.54, 1.807) is 7.05 Å². The van der Waals surface area contributed by atoms with E-state index in [1.165, 1.54) is 0 Å². The molecule has 0 saturated carbocycles. The highest BCUT2D eigenvalue weighted by Gasteiger charge is 2.41. The van der Waals surface area contributed by atoms with Gasteiger partial charge in [-0.05, 0) is 26.3 Å². The molecule has 2 unspecified atom stereocenters. The molecule has 0 aromatic rings. The Kier molecular flexibility index (Phi) is 4.01. The number of hydrogen-bond donors (Lipinski definition) is 2. The van der Waals surface area contributed by atoms with Gasteiger partial charge in [0, 0.05) is 26.1 Å². The molecule has 2 aliphatic heterocycles. The van der Waals surface area contributed by atoms with Crippen molar-refractivity contribution in [1.82, 2.24) is 10.2 Å². The van der Waals surface area contributed by atoms with Crippen LogP contribution in [0.25, 0.3) is 0 Å². The van der Waals surface area contributed by atoms with E-state index in [1.807, 2.05) is 4.90 Å². The number of carbonyl (C=O) groups is 1. The maximum atomic E-state index is 11.9. The number of carbonyl (C=O) groups excluding carboxylic acids is 1. The van der Waals surface area contributed by atoms with E-state index < -0.39 is 0 Å². The Bertz CT molecular complexity index is 281. The van der Waals surface area contributed by atoms with Crippen molar-refractivity contribution in [2.24, 2.45) is 0 Å². The molecule has 1 spiro atoms. The summed E-state index contributed by atoms with van der Waals surface area (Å²) in [5.74, 6) is 0.121. The first-order chi connectivity index (χ1) is 8.15. The van der Waals surface area contributed by atoms with Crippen molar-refractivity contribution >= 4 is 5.91 Å². The summed E-state index contributed by atoms with van der Waals surface area (Å²) >= 11 is 0. The zero-order chi connectivity index (χ0) is 12.3. The van der Waals surface area contributed by atoms with Crippen LogP contribution < -0.4 is 5.32 Å². The quantitative estimate of drug-likeness (QED) is 0.700. The van der Waals surface area contributed by atoms with E-state index in [0.29, 0.717) is 32.5 Å². The fourth-order valence-corrected chi connectivity index (χ4v) is 2.86. The minimum absolute atomic E-state index is 0.121. The van der Waals surface area contributed by atoms with E-state index in [0.717, 1.165) is 19.4 Å². The fraction of sp³-hybridized carbons (Fsp3) is 0.917. The first-order valence-corrected chi connectivity index (χ1v) is 6.40. The topological polar surface area (TPSA) is 61.8 Å². The molecule has 5 heteroatoms.